The fourth-order valence-electron chi connectivity index (χ4n) is 4.81. The number of aromatic nitrogens is 1. The van der Waals surface area contributed by atoms with E-state index in [1.807, 2.05) is 29.2 Å². The molecule has 0 aliphatic carbocycles. The molecule has 1 unspecified atom stereocenters. The van der Waals surface area contributed by atoms with Crippen molar-refractivity contribution in [3.8, 4) is 5.88 Å². The lowest BCUT2D eigenvalue weighted by atomic mass is 9.90. The predicted octanol–water partition coefficient (Wildman–Crippen LogP) is 3.75. The van der Waals surface area contributed by atoms with Crippen molar-refractivity contribution in [2.24, 2.45) is 0 Å². The lowest BCUT2D eigenvalue weighted by Crippen LogP contribution is -2.52. The third-order valence-electron chi connectivity index (χ3n) is 6.61. The van der Waals surface area contributed by atoms with Crippen LogP contribution >= 0.6 is 0 Å². The van der Waals surface area contributed by atoms with E-state index in [0.29, 0.717) is 13.1 Å². The van der Waals surface area contributed by atoms with Crippen LogP contribution in [0.2, 0.25) is 0 Å². The molecule has 3 aromatic rings. The van der Waals surface area contributed by atoms with Crippen LogP contribution in [-0.2, 0) is 33.4 Å². The van der Waals surface area contributed by atoms with Crippen LogP contribution in [0.15, 0.2) is 59.6 Å². The van der Waals surface area contributed by atoms with E-state index in [4.69, 9.17) is 4.74 Å². The summed E-state index contributed by atoms with van der Waals surface area (Å²) < 4.78 is 33.7. The Labute approximate surface area is 200 Å². The van der Waals surface area contributed by atoms with Crippen molar-refractivity contribution in [2.75, 3.05) is 7.11 Å². The van der Waals surface area contributed by atoms with E-state index < -0.39 is 21.5 Å². The molecule has 2 heterocycles. The Kier molecular flexibility index (Phi) is 6.22. The summed E-state index contributed by atoms with van der Waals surface area (Å²) in [7, 11) is -2.87. The van der Waals surface area contributed by atoms with Gasteiger partial charge in [0.25, 0.3) is 15.9 Å². The van der Waals surface area contributed by atoms with E-state index in [0.717, 1.165) is 27.8 Å². The maximum absolute atomic E-state index is 13.7. The monoisotopic (exact) mass is 479 g/mol. The molecule has 1 aliphatic rings. The number of nitrogens with one attached hydrogen (secondary N) is 1. The third kappa shape index (κ3) is 4.08. The molecule has 1 aliphatic heterocycles. The Morgan fingerprint density at radius 1 is 1.12 bits per heavy atom. The molecule has 1 aromatic heterocycles. The summed E-state index contributed by atoms with van der Waals surface area (Å²) in [5.41, 5.74) is 5.20. The Bertz CT molecular complexity index is 1350. The molecule has 2 aromatic carbocycles. The zero-order valence-corrected chi connectivity index (χ0v) is 20.9. The van der Waals surface area contributed by atoms with Crippen LogP contribution < -0.4 is 9.46 Å². The van der Waals surface area contributed by atoms with Crippen molar-refractivity contribution in [1.29, 1.82) is 0 Å². The molecular weight excluding hydrogens is 450 g/mol. The molecule has 0 saturated heterocycles. The minimum atomic E-state index is -4.21. The number of hydrogen-bond donors (Lipinski definition) is 1. The Balaban J connectivity index is 1.74. The van der Waals surface area contributed by atoms with Crippen molar-refractivity contribution in [3.05, 3.63) is 88.1 Å². The van der Waals surface area contributed by atoms with Crippen LogP contribution in [0.1, 0.15) is 40.3 Å². The minimum absolute atomic E-state index is 0.0671. The van der Waals surface area contributed by atoms with Gasteiger partial charge in [0.15, 0.2) is 0 Å². The highest BCUT2D eigenvalue weighted by molar-refractivity contribution is 7.90. The quantitative estimate of drug-likeness (QED) is 0.579. The molecule has 0 bridgehead atoms. The van der Waals surface area contributed by atoms with Crippen LogP contribution in [0.3, 0.4) is 0 Å². The number of benzene rings is 2. The number of hydrogen-bond acceptors (Lipinski definition) is 6. The molecule has 0 spiro atoms. The van der Waals surface area contributed by atoms with Crippen LogP contribution in [0.5, 0.6) is 5.88 Å². The minimum Gasteiger partial charge on any atom is -0.480 e. The Morgan fingerprint density at radius 2 is 1.79 bits per heavy atom. The van der Waals surface area contributed by atoms with Gasteiger partial charge in [0.1, 0.15) is 10.4 Å². The zero-order chi connectivity index (χ0) is 24.7. The first kappa shape index (κ1) is 23.9. The molecule has 0 saturated carbocycles. The average Bonchev–Trinajstić information content (AvgIpc) is 3.08. The molecule has 1 N–H and O–H groups in total. The third-order valence-corrected chi connectivity index (χ3v) is 7.96. The van der Waals surface area contributed by atoms with Gasteiger partial charge in [0, 0.05) is 19.3 Å². The molecule has 8 heteroatoms. The second-order valence-corrected chi connectivity index (χ2v) is 10.6. The summed E-state index contributed by atoms with van der Waals surface area (Å²) in [5.74, 6) is -0.687. The number of ether oxygens (including phenoxy) is 1. The lowest BCUT2D eigenvalue weighted by Gasteiger charge is -2.35. The number of carbonyl (C=O) groups is 1. The molecule has 34 heavy (non-hydrogen) atoms. The number of fused-ring (bicyclic) bond motifs is 1. The van der Waals surface area contributed by atoms with E-state index in [9.17, 15) is 13.2 Å². The first-order valence-corrected chi connectivity index (χ1v) is 12.5. The second kappa shape index (κ2) is 8.85. The summed E-state index contributed by atoms with van der Waals surface area (Å²) in [4.78, 5) is 19.6. The molecule has 1 atom stereocenters. The van der Waals surface area contributed by atoms with E-state index >= 15 is 0 Å². The van der Waals surface area contributed by atoms with Crippen molar-refractivity contribution in [2.45, 2.75) is 51.2 Å². The number of methoxy groups -OCH3 is 1. The smallest absolute Gasteiger partial charge is 0.269 e. The number of sulfonamides is 1. The fraction of sp³-hybridized carbons (Fsp3) is 0.308. The summed E-state index contributed by atoms with van der Waals surface area (Å²) in [6.45, 7) is 9.01. The number of rotatable bonds is 6. The molecule has 7 nitrogen and oxygen atoms in total. The highest BCUT2D eigenvalue weighted by Crippen LogP contribution is 2.41. The highest BCUT2D eigenvalue weighted by Gasteiger charge is 2.48. The zero-order valence-electron chi connectivity index (χ0n) is 20.0. The Morgan fingerprint density at radius 3 is 2.47 bits per heavy atom. The van der Waals surface area contributed by atoms with E-state index in [2.05, 4.69) is 42.6 Å². The highest BCUT2D eigenvalue weighted by atomic mass is 32.2. The van der Waals surface area contributed by atoms with Gasteiger partial charge < -0.3 is 4.74 Å². The van der Waals surface area contributed by atoms with Gasteiger partial charge in [0.05, 0.1) is 7.11 Å². The molecule has 0 radical (unpaired) electrons. The summed E-state index contributed by atoms with van der Waals surface area (Å²) in [6, 6.07) is 14.8. The number of amides is 1. The standard InChI is InChI=1S/C26H29N3O4S/c1-17-13-18(2)21(19(3)14-17)16-29-15-20-9-6-7-10-22(20)26(29,4)25(30)28-34(31,32)23-11-8-12-27-24(23)33-5/h6-14H,15-16H2,1-5H3,(H,28,30). The van der Waals surface area contributed by atoms with Gasteiger partial charge in [-0.05, 0) is 67.6 Å². The Hall–Kier alpha value is -3.23. The van der Waals surface area contributed by atoms with Crippen molar-refractivity contribution >= 4 is 15.9 Å². The first-order chi connectivity index (χ1) is 16.1. The normalized spacial score (nSPS) is 17.9. The van der Waals surface area contributed by atoms with Crippen LogP contribution in [0.25, 0.3) is 0 Å². The number of carbonyl (C=O) groups excluding carboxylic acids is 1. The van der Waals surface area contributed by atoms with E-state index in [-0.39, 0.29) is 10.8 Å². The van der Waals surface area contributed by atoms with Crippen molar-refractivity contribution < 1.29 is 17.9 Å². The van der Waals surface area contributed by atoms with Crippen molar-refractivity contribution in [1.82, 2.24) is 14.6 Å². The average molecular weight is 480 g/mol. The van der Waals surface area contributed by atoms with E-state index in [1.54, 1.807) is 6.92 Å². The van der Waals surface area contributed by atoms with Crippen LogP contribution in [0, 0.1) is 20.8 Å². The summed E-state index contributed by atoms with van der Waals surface area (Å²) >= 11 is 0. The maximum Gasteiger partial charge on any atom is 0.269 e. The SMILES string of the molecule is COc1ncccc1S(=O)(=O)NC(=O)C1(C)c2ccccc2CN1Cc1c(C)cc(C)cc1C. The molecule has 1 amide bonds. The topological polar surface area (TPSA) is 88.6 Å². The van der Waals surface area contributed by atoms with Gasteiger partial charge >= 0.3 is 0 Å². The molecule has 178 valence electrons. The van der Waals surface area contributed by atoms with Gasteiger partial charge in [-0.2, -0.15) is 0 Å². The van der Waals surface area contributed by atoms with Gasteiger partial charge in [0.2, 0.25) is 5.88 Å². The maximum atomic E-state index is 13.7. The van der Waals surface area contributed by atoms with Gasteiger partial charge in [-0.1, -0.05) is 42.0 Å². The lowest BCUT2D eigenvalue weighted by molar-refractivity contribution is -0.131. The molecule has 0 fully saturated rings. The fourth-order valence-corrected chi connectivity index (χ4v) is 5.98. The van der Waals surface area contributed by atoms with Gasteiger partial charge in [-0.15, -0.1) is 0 Å². The molecule has 4 rings (SSSR count). The first-order valence-electron chi connectivity index (χ1n) is 11.0. The van der Waals surface area contributed by atoms with Crippen molar-refractivity contribution in [3.63, 3.8) is 0 Å². The summed E-state index contributed by atoms with van der Waals surface area (Å²) in [5, 5.41) is 0. The second-order valence-electron chi connectivity index (χ2n) is 8.91. The predicted molar refractivity (Wildman–Crippen MR) is 130 cm³/mol. The van der Waals surface area contributed by atoms with Gasteiger partial charge in [-0.25, -0.2) is 18.1 Å². The number of nitrogens with zero attached hydrogens (tertiary/aromatic N) is 2. The van der Waals surface area contributed by atoms with E-state index in [1.165, 1.54) is 31.0 Å². The number of pyridine rings is 1. The summed E-state index contributed by atoms with van der Waals surface area (Å²) in [6.07, 6.45) is 1.43. The van der Waals surface area contributed by atoms with Crippen LogP contribution in [0.4, 0.5) is 0 Å². The number of aryl methyl sites for hydroxylation is 3. The van der Waals surface area contributed by atoms with Gasteiger partial charge in [-0.3, -0.25) is 9.69 Å². The van der Waals surface area contributed by atoms with Crippen LogP contribution in [-0.4, -0.2) is 31.3 Å². The largest absolute Gasteiger partial charge is 0.480 e. The molecular formula is C26H29N3O4S.